The van der Waals surface area contributed by atoms with E-state index >= 15 is 0 Å². The number of carbonyl (C=O) groups excluding carboxylic acids is 1. The molecule has 74 valence electrons. The van der Waals surface area contributed by atoms with Crippen LogP contribution in [0.5, 0.6) is 0 Å². The number of nitrogens with zero attached hydrogens (tertiary/aromatic N) is 2. The largest absolute Gasteiger partial charge is 0.291 e. The molecular weight excluding hydrogens is 180 g/mol. The third-order valence-electron chi connectivity index (χ3n) is 2.64. The van der Waals surface area contributed by atoms with E-state index in [0.717, 1.165) is 6.42 Å². The van der Waals surface area contributed by atoms with E-state index in [4.69, 9.17) is 0 Å². The van der Waals surface area contributed by atoms with Crippen LogP contribution in [0.2, 0.25) is 0 Å². The molecule has 0 fully saturated rings. The van der Waals surface area contributed by atoms with Gasteiger partial charge in [-0.15, -0.1) is 0 Å². The lowest BCUT2D eigenvalue weighted by Crippen LogP contribution is -2.34. The minimum absolute atomic E-state index is 0.0276. The van der Waals surface area contributed by atoms with Gasteiger partial charge < -0.3 is 0 Å². The van der Waals surface area contributed by atoms with Gasteiger partial charge in [0.05, 0.1) is 0 Å². The van der Waals surface area contributed by atoms with Crippen LogP contribution in [0.25, 0.3) is 0 Å². The predicted octanol–water partition coefficient (Wildman–Crippen LogP) is 1.09. The SMILES string of the molecule is Cc1cnc2n(c1=O)[C@H](C)CCC2=O. The highest BCUT2D eigenvalue weighted by Gasteiger charge is 2.24. The van der Waals surface area contributed by atoms with E-state index in [2.05, 4.69) is 4.98 Å². The fourth-order valence-electron chi connectivity index (χ4n) is 1.76. The van der Waals surface area contributed by atoms with Crippen LogP contribution in [0, 0.1) is 6.92 Å². The van der Waals surface area contributed by atoms with Crippen molar-refractivity contribution in [1.82, 2.24) is 9.55 Å². The smallest absolute Gasteiger partial charge is 0.256 e. The first kappa shape index (κ1) is 9.12. The maximum atomic E-state index is 11.7. The molecule has 0 saturated heterocycles. The number of ketones is 1. The van der Waals surface area contributed by atoms with Gasteiger partial charge in [-0.05, 0) is 20.3 Å². The van der Waals surface area contributed by atoms with Gasteiger partial charge in [-0.2, -0.15) is 0 Å². The topological polar surface area (TPSA) is 52.0 Å². The zero-order valence-electron chi connectivity index (χ0n) is 8.28. The Morgan fingerprint density at radius 2 is 2.21 bits per heavy atom. The van der Waals surface area contributed by atoms with E-state index < -0.39 is 0 Å². The first-order valence-corrected chi connectivity index (χ1v) is 4.72. The normalized spacial score (nSPS) is 20.7. The molecule has 0 aromatic carbocycles. The lowest BCUT2D eigenvalue weighted by Gasteiger charge is -2.22. The maximum Gasteiger partial charge on any atom is 0.256 e. The summed E-state index contributed by atoms with van der Waals surface area (Å²) in [5.41, 5.74) is 0.505. The summed E-state index contributed by atoms with van der Waals surface area (Å²) in [4.78, 5) is 27.2. The van der Waals surface area contributed by atoms with Gasteiger partial charge in [0.15, 0.2) is 11.6 Å². The molecule has 0 saturated carbocycles. The highest BCUT2D eigenvalue weighted by molar-refractivity contribution is 5.93. The number of aryl methyl sites for hydroxylation is 1. The standard InChI is InChI=1S/C10H12N2O2/c1-6-5-11-9-8(13)4-3-7(2)12(9)10(6)14/h5,7H,3-4H2,1-2H3/t7-/m1/s1. The van der Waals surface area contributed by atoms with Gasteiger partial charge in [0.25, 0.3) is 5.56 Å². The van der Waals surface area contributed by atoms with Crippen molar-refractivity contribution in [3.63, 3.8) is 0 Å². The molecule has 1 aromatic heterocycles. The van der Waals surface area contributed by atoms with Crippen LogP contribution in [0.1, 0.15) is 42.0 Å². The lowest BCUT2D eigenvalue weighted by atomic mass is 10.0. The zero-order valence-corrected chi connectivity index (χ0v) is 8.28. The fourth-order valence-corrected chi connectivity index (χ4v) is 1.76. The molecule has 1 aromatic rings. The summed E-state index contributed by atoms with van der Waals surface area (Å²) in [5.74, 6) is 0.291. The summed E-state index contributed by atoms with van der Waals surface area (Å²) < 4.78 is 1.52. The van der Waals surface area contributed by atoms with E-state index in [1.165, 1.54) is 10.8 Å². The molecule has 4 heteroatoms. The Balaban J connectivity index is 2.74. The molecule has 1 aliphatic rings. The molecule has 1 aliphatic heterocycles. The predicted molar refractivity (Wildman–Crippen MR) is 51.5 cm³/mol. The lowest BCUT2D eigenvalue weighted by molar-refractivity contribution is 0.0934. The Labute approximate surface area is 81.6 Å². The second kappa shape index (κ2) is 3.04. The maximum absolute atomic E-state index is 11.7. The molecule has 0 N–H and O–H groups in total. The van der Waals surface area contributed by atoms with Gasteiger partial charge in [0.1, 0.15) is 0 Å². The third-order valence-corrected chi connectivity index (χ3v) is 2.64. The Kier molecular flexibility index (Phi) is 1.98. The van der Waals surface area contributed by atoms with Crippen molar-refractivity contribution in [3.05, 3.63) is 27.9 Å². The van der Waals surface area contributed by atoms with Crippen LogP contribution >= 0.6 is 0 Å². The molecule has 0 unspecified atom stereocenters. The summed E-state index contributed by atoms with van der Waals surface area (Å²) >= 11 is 0. The number of rotatable bonds is 0. The quantitative estimate of drug-likeness (QED) is 0.618. The van der Waals surface area contributed by atoms with Crippen LogP contribution in [0.4, 0.5) is 0 Å². The average molecular weight is 192 g/mol. The van der Waals surface area contributed by atoms with Crippen LogP contribution in [-0.4, -0.2) is 15.3 Å². The van der Waals surface area contributed by atoms with E-state index in [-0.39, 0.29) is 17.4 Å². The van der Waals surface area contributed by atoms with Crippen molar-refractivity contribution in [2.75, 3.05) is 0 Å². The summed E-state index contributed by atoms with van der Waals surface area (Å²) in [5, 5.41) is 0. The van der Waals surface area contributed by atoms with Gasteiger partial charge in [-0.3, -0.25) is 14.2 Å². The Hall–Kier alpha value is -1.45. The number of hydrogen-bond acceptors (Lipinski definition) is 3. The highest BCUT2D eigenvalue weighted by atomic mass is 16.1. The first-order chi connectivity index (χ1) is 6.61. The molecule has 0 spiro atoms. The molecule has 2 rings (SSSR count). The minimum Gasteiger partial charge on any atom is -0.291 e. The Morgan fingerprint density at radius 3 is 2.93 bits per heavy atom. The molecule has 0 bridgehead atoms. The van der Waals surface area contributed by atoms with E-state index in [9.17, 15) is 9.59 Å². The number of aromatic nitrogens is 2. The molecule has 2 heterocycles. The number of carbonyl (C=O) groups is 1. The number of hydrogen-bond donors (Lipinski definition) is 0. The molecule has 4 nitrogen and oxygen atoms in total. The number of Topliss-reactive ketones (excluding diaryl/α,β-unsaturated/α-hetero) is 1. The van der Waals surface area contributed by atoms with Gasteiger partial charge in [-0.25, -0.2) is 4.98 Å². The van der Waals surface area contributed by atoms with Crippen molar-refractivity contribution >= 4 is 5.78 Å². The van der Waals surface area contributed by atoms with E-state index in [1.807, 2.05) is 6.92 Å². The number of fused-ring (bicyclic) bond motifs is 1. The Morgan fingerprint density at radius 1 is 1.50 bits per heavy atom. The van der Waals surface area contributed by atoms with Crippen LogP contribution in [-0.2, 0) is 0 Å². The summed E-state index contributed by atoms with van der Waals surface area (Å²) in [7, 11) is 0. The van der Waals surface area contributed by atoms with Crippen molar-refractivity contribution in [3.8, 4) is 0 Å². The van der Waals surface area contributed by atoms with E-state index in [1.54, 1.807) is 6.92 Å². The molecule has 14 heavy (non-hydrogen) atoms. The minimum atomic E-state index is -0.0875. The second-order valence-electron chi connectivity index (χ2n) is 3.75. The monoisotopic (exact) mass is 192 g/mol. The molecule has 0 radical (unpaired) electrons. The third kappa shape index (κ3) is 1.18. The summed E-state index contributed by atoms with van der Waals surface area (Å²) in [6, 6.07) is 0.0857. The average Bonchev–Trinajstić information content (AvgIpc) is 2.16. The van der Waals surface area contributed by atoms with Crippen molar-refractivity contribution in [2.24, 2.45) is 0 Å². The van der Waals surface area contributed by atoms with Gasteiger partial charge >= 0.3 is 0 Å². The Bertz CT molecular complexity index is 448. The van der Waals surface area contributed by atoms with Crippen LogP contribution < -0.4 is 5.56 Å². The van der Waals surface area contributed by atoms with Crippen molar-refractivity contribution in [2.45, 2.75) is 32.7 Å². The van der Waals surface area contributed by atoms with Gasteiger partial charge in [-0.1, -0.05) is 0 Å². The summed E-state index contributed by atoms with van der Waals surface area (Å²) in [6.45, 7) is 3.66. The molecular formula is C10H12N2O2. The van der Waals surface area contributed by atoms with Crippen LogP contribution in [0.15, 0.2) is 11.0 Å². The molecule has 1 atom stereocenters. The fraction of sp³-hybridized carbons (Fsp3) is 0.500. The highest BCUT2D eigenvalue weighted by Crippen LogP contribution is 2.20. The van der Waals surface area contributed by atoms with Crippen molar-refractivity contribution in [1.29, 1.82) is 0 Å². The van der Waals surface area contributed by atoms with Crippen molar-refractivity contribution < 1.29 is 4.79 Å². The second-order valence-corrected chi connectivity index (χ2v) is 3.75. The first-order valence-electron chi connectivity index (χ1n) is 4.72. The molecule has 0 amide bonds. The summed E-state index contributed by atoms with van der Waals surface area (Å²) in [6.07, 6.45) is 2.71. The zero-order chi connectivity index (χ0) is 10.3. The van der Waals surface area contributed by atoms with E-state index in [0.29, 0.717) is 17.8 Å². The molecule has 0 aliphatic carbocycles. The van der Waals surface area contributed by atoms with Gasteiger partial charge in [0.2, 0.25) is 0 Å². The van der Waals surface area contributed by atoms with Crippen LogP contribution in [0.3, 0.4) is 0 Å². The van der Waals surface area contributed by atoms with Gasteiger partial charge in [0, 0.05) is 24.2 Å².